The first-order valence-electron chi connectivity index (χ1n) is 4.04. The summed E-state index contributed by atoms with van der Waals surface area (Å²) in [5, 5.41) is 0. The predicted octanol–water partition coefficient (Wildman–Crippen LogP) is 2.75. The van der Waals surface area contributed by atoms with Gasteiger partial charge in [0.15, 0.2) is 0 Å². The number of hydrogen-bond donors (Lipinski definition) is 0. The van der Waals surface area contributed by atoms with Crippen LogP contribution in [0.25, 0.3) is 0 Å². The Hall–Kier alpha value is -0.260. The summed E-state index contributed by atoms with van der Waals surface area (Å²) in [6.45, 7) is 2.40. The Bertz CT molecular complexity index is 140. The van der Waals surface area contributed by atoms with E-state index in [9.17, 15) is 0 Å². The van der Waals surface area contributed by atoms with E-state index in [0.29, 0.717) is 0 Å². The topological polar surface area (TPSA) is 0 Å². The molecule has 9 heavy (non-hydrogen) atoms. The van der Waals surface area contributed by atoms with E-state index in [0.717, 1.165) is 11.8 Å². The number of rotatable bonds is 0. The minimum absolute atomic E-state index is 0.999. The van der Waals surface area contributed by atoms with E-state index < -0.39 is 0 Å². The molecule has 0 heterocycles. The van der Waals surface area contributed by atoms with Crippen molar-refractivity contribution in [3.05, 3.63) is 11.6 Å². The summed E-state index contributed by atoms with van der Waals surface area (Å²) in [5.74, 6) is 2.06. The van der Waals surface area contributed by atoms with Crippen LogP contribution in [-0.4, -0.2) is 0 Å². The fourth-order valence-corrected chi connectivity index (χ4v) is 2.26. The molecule has 0 amide bonds. The van der Waals surface area contributed by atoms with Crippen molar-refractivity contribution in [2.75, 3.05) is 0 Å². The molecule has 0 aromatic carbocycles. The molecule has 0 saturated heterocycles. The maximum atomic E-state index is 2.46. The van der Waals surface area contributed by atoms with Gasteiger partial charge in [0.05, 0.1) is 0 Å². The van der Waals surface area contributed by atoms with Crippen molar-refractivity contribution in [2.45, 2.75) is 32.6 Å². The Kier molecular flexibility index (Phi) is 1.14. The van der Waals surface area contributed by atoms with E-state index in [1.807, 2.05) is 0 Å². The molecule has 2 bridgehead atoms. The van der Waals surface area contributed by atoms with Gasteiger partial charge >= 0.3 is 0 Å². The Labute approximate surface area is 57.0 Å². The lowest BCUT2D eigenvalue weighted by atomic mass is 9.92. The fourth-order valence-electron chi connectivity index (χ4n) is 2.26. The van der Waals surface area contributed by atoms with E-state index in [1.165, 1.54) is 25.7 Å². The van der Waals surface area contributed by atoms with Crippen molar-refractivity contribution in [3.63, 3.8) is 0 Å². The Morgan fingerprint density at radius 3 is 3.00 bits per heavy atom. The molecule has 0 heteroatoms. The molecule has 2 rings (SSSR count). The van der Waals surface area contributed by atoms with Crippen LogP contribution in [0.4, 0.5) is 0 Å². The summed E-state index contributed by atoms with van der Waals surface area (Å²) in [6.07, 6.45) is 8.13. The third-order valence-corrected chi connectivity index (χ3v) is 2.88. The summed E-state index contributed by atoms with van der Waals surface area (Å²) in [7, 11) is 0. The third kappa shape index (κ3) is 0.810. The molecule has 2 aliphatic carbocycles. The van der Waals surface area contributed by atoms with Crippen LogP contribution < -0.4 is 0 Å². The number of fused-ring (bicyclic) bond motifs is 2. The van der Waals surface area contributed by atoms with E-state index >= 15 is 0 Å². The molecule has 0 aliphatic heterocycles. The highest BCUT2D eigenvalue weighted by molar-refractivity contribution is 5.13. The summed E-state index contributed by atoms with van der Waals surface area (Å²) < 4.78 is 0. The van der Waals surface area contributed by atoms with Gasteiger partial charge in [0.25, 0.3) is 0 Å². The smallest absolute Gasteiger partial charge is 0.0289 e. The van der Waals surface area contributed by atoms with Crippen LogP contribution in [0.1, 0.15) is 32.6 Å². The van der Waals surface area contributed by atoms with Gasteiger partial charge in [-0.3, -0.25) is 0 Å². The normalized spacial score (nSPS) is 40.8. The highest BCUT2D eigenvalue weighted by Gasteiger charge is 2.28. The molecule has 1 fully saturated rings. The lowest BCUT2D eigenvalue weighted by Gasteiger charge is -2.14. The zero-order chi connectivity index (χ0) is 6.27. The van der Waals surface area contributed by atoms with Crippen molar-refractivity contribution in [3.8, 4) is 0 Å². The molecule has 0 nitrogen and oxygen atoms in total. The van der Waals surface area contributed by atoms with Gasteiger partial charge in [0.1, 0.15) is 0 Å². The highest BCUT2D eigenvalue weighted by atomic mass is 14.3. The minimum atomic E-state index is 0.999. The first-order chi connectivity index (χ1) is 4.36. The molecule has 0 aromatic rings. The Balaban J connectivity index is 2.22. The fraction of sp³-hybridized carbons (Fsp3) is 0.778. The third-order valence-electron chi connectivity index (χ3n) is 2.88. The molecule has 1 saturated carbocycles. The van der Waals surface area contributed by atoms with Gasteiger partial charge in [0, 0.05) is 0 Å². The number of hydrogen-bond acceptors (Lipinski definition) is 0. The maximum absolute atomic E-state index is 2.46. The molecule has 2 aliphatic rings. The lowest BCUT2D eigenvalue weighted by molar-refractivity contribution is 0.393. The first-order valence-corrected chi connectivity index (χ1v) is 4.04. The molecule has 0 aromatic heterocycles. The van der Waals surface area contributed by atoms with Gasteiger partial charge in [0.2, 0.25) is 0 Å². The molecule has 0 N–H and O–H groups in total. The zero-order valence-corrected chi connectivity index (χ0v) is 6.06. The standard InChI is InChI=1S/C9H14/c1-7-5-8-3-2-4-9(7)6-8/h3,7,9H,2,4-6H2,1H3. The van der Waals surface area contributed by atoms with E-state index in [1.54, 1.807) is 5.57 Å². The van der Waals surface area contributed by atoms with Gasteiger partial charge in [-0.1, -0.05) is 18.6 Å². The summed E-state index contributed by atoms with van der Waals surface area (Å²) in [4.78, 5) is 0. The molecular weight excluding hydrogens is 108 g/mol. The lowest BCUT2D eigenvalue weighted by Crippen LogP contribution is -2.03. The van der Waals surface area contributed by atoms with Gasteiger partial charge in [-0.25, -0.2) is 0 Å². The largest absolute Gasteiger partial charge is 0.0853 e. The molecule has 50 valence electrons. The summed E-state index contributed by atoms with van der Waals surface area (Å²) in [5.41, 5.74) is 1.75. The monoisotopic (exact) mass is 122 g/mol. The molecule has 2 unspecified atom stereocenters. The predicted molar refractivity (Wildman–Crippen MR) is 39.2 cm³/mol. The zero-order valence-electron chi connectivity index (χ0n) is 6.06. The van der Waals surface area contributed by atoms with E-state index in [-0.39, 0.29) is 0 Å². The summed E-state index contributed by atoms with van der Waals surface area (Å²) >= 11 is 0. The van der Waals surface area contributed by atoms with Crippen LogP contribution in [0.15, 0.2) is 11.6 Å². The van der Waals surface area contributed by atoms with Crippen LogP contribution in [-0.2, 0) is 0 Å². The van der Waals surface area contributed by atoms with Gasteiger partial charge < -0.3 is 0 Å². The van der Waals surface area contributed by atoms with E-state index in [4.69, 9.17) is 0 Å². The van der Waals surface area contributed by atoms with Crippen LogP contribution in [0.5, 0.6) is 0 Å². The SMILES string of the molecule is CC1CC2=CCCC1C2. The van der Waals surface area contributed by atoms with Crippen molar-refractivity contribution >= 4 is 0 Å². The second-order valence-electron chi connectivity index (χ2n) is 3.59. The van der Waals surface area contributed by atoms with Crippen LogP contribution in [0.3, 0.4) is 0 Å². The van der Waals surface area contributed by atoms with Crippen molar-refractivity contribution < 1.29 is 0 Å². The molecule has 2 atom stereocenters. The van der Waals surface area contributed by atoms with Crippen LogP contribution >= 0.6 is 0 Å². The summed E-state index contributed by atoms with van der Waals surface area (Å²) in [6, 6.07) is 0. The van der Waals surface area contributed by atoms with Crippen molar-refractivity contribution in [2.24, 2.45) is 11.8 Å². The van der Waals surface area contributed by atoms with Crippen molar-refractivity contribution in [1.29, 1.82) is 0 Å². The highest BCUT2D eigenvalue weighted by Crippen LogP contribution is 2.41. The average Bonchev–Trinajstić information content (AvgIpc) is 2.09. The van der Waals surface area contributed by atoms with Gasteiger partial charge in [-0.15, -0.1) is 0 Å². The average molecular weight is 122 g/mol. The second kappa shape index (κ2) is 1.86. The van der Waals surface area contributed by atoms with E-state index in [2.05, 4.69) is 13.0 Å². The first kappa shape index (κ1) is 5.52. The second-order valence-corrected chi connectivity index (χ2v) is 3.59. The number of allylic oxidation sites excluding steroid dienone is 2. The van der Waals surface area contributed by atoms with Crippen molar-refractivity contribution in [1.82, 2.24) is 0 Å². The van der Waals surface area contributed by atoms with Gasteiger partial charge in [-0.2, -0.15) is 0 Å². The quantitative estimate of drug-likeness (QED) is 0.433. The molecular formula is C9H14. The maximum Gasteiger partial charge on any atom is -0.0289 e. The van der Waals surface area contributed by atoms with Crippen LogP contribution in [0, 0.1) is 11.8 Å². The van der Waals surface area contributed by atoms with Crippen LogP contribution in [0.2, 0.25) is 0 Å². The molecule has 0 radical (unpaired) electrons. The Morgan fingerprint density at radius 2 is 2.33 bits per heavy atom. The minimum Gasteiger partial charge on any atom is -0.0853 e. The Morgan fingerprint density at radius 1 is 1.44 bits per heavy atom. The molecule has 0 spiro atoms. The van der Waals surface area contributed by atoms with Gasteiger partial charge in [-0.05, 0) is 37.5 Å².